The van der Waals surface area contributed by atoms with Crippen LogP contribution < -0.4 is 5.73 Å². The van der Waals surface area contributed by atoms with E-state index in [1.807, 2.05) is 36.5 Å². The summed E-state index contributed by atoms with van der Waals surface area (Å²) in [6, 6.07) is 9.90. The number of fused-ring (bicyclic) bond motifs is 1. The summed E-state index contributed by atoms with van der Waals surface area (Å²) in [6.07, 6.45) is 5.53. The molecule has 3 aromatic heterocycles. The number of pyridine rings is 2. The van der Waals surface area contributed by atoms with E-state index in [1.165, 1.54) is 0 Å². The Balaban J connectivity index is 2.31. The molecular formula is C13H12N4. The fraction of sp³-hybridized carbons (Fsp3) is 0.0769. The van der Waals surface area contributed by atoms with Crippen molar-refractivity contribution in [1.29, 1.82) is 0 Å². The quantitative estimate of drug-likeness (QED) is 0.722. The maximum Gasteiger partial charge on any atom is 0.144 e. The Morgan fingerprint density at radius 3 is 2.71 bits per heavy atom. The molecule has 4 heteroatoms. The van der Waals surface area contributed by atoms with E-state index in [0.717, 1.165) is 22.6 Å². The zero-order valence-electron chi connectivity index (χ0n) is 9.24. The summed E-state index contributed by atoms with van der Waals surface area (Å²) in [4.78, 5) is 8.60. The third-order valence-electron chi connectivity index (χ3n) is 2.76. The first-order valence-electron chi connectivity index (χ1n) is 5.46. The number of rotatable bonds is 2. The molecule has 17 heavy (non-hydrogen) atoms. The van der Waals surface area contributed by atoms with Gasteiger partial charge in [-0.15, -0.1) is 0 Å². The summed E-state index contributed by atoms with van der Waals surface area (Å²) in [7, 11) is 0. The SMILES string of the molecule is NCc1nc(-c2ccncc2)n2ccccc12. The van der Waals surface area contributed by atoms with Crippen molar-refractivity contribution >= 4 is 5.52 Å². The number of hydrogen-bond donors (Lipinski definition) is 1. The van der Waals surface area contributed by atoms with Crippen LogP contribution in [0, 0.1) is 0 Å². The van der Waals surface area contributed by atoms with Gasteiger partial charge in [0.1, 0.15) is 5.82 Å². The lowest BCUT2D eigenvalue weighted by atomic mass is 10.2. The Labute approximate surface area is 98.8 Å². The van der Waals surface area contributed by atoms with Crippen molar-refractivity contribution < 1.29 is 0 Å². The van der Waals surface area contributed by atoms with E-state index in [2.05, 4.69) is 14.4 Å². The number of nitrogens with zero attached hydrogens (tertiary/aromatic N) is 3. The van der Waals surface area contributed by atoms with Crippen LogP contribution in [0.15, 0.2) is 48.9 Å². The first-order chi connectivity index (χ1) is 8.40. The lowest BCUT2D eigenvalue weighted by molar-refractivity contribution is 1.02. The van der Waals surface area contributed by atoms with Gasteiger partial charge in [-0.05, 0) is 24.3 Å². The van der Waals surface area contributed by atoms with E-state index >= 15 is 0 Å². The Bertz CT molecular complexity index is 643. The lowest BCUT2D eigenvalue weighted by Crippen LogP contribution is -1.96. The minimum Gasteiger partial charge on any atom is -0.325 e. The molecule has 4 nitrogen and oxygen atoms in total. The largest absolute Gasteiger partial charge is 0.325 e. The number of nitrogens with two attached hydrogens (primary N) is 1. The average molecular weight is 224 g/mol. The van der Waals surface area contributed by atoms with Gasteiger partial charge in [0.05, 0.1) is 11.2 Å². The highest BCUT2D eigenvalue weighted by molar-refractivity contribution is 5.65. The van der Waals surface area contributed by atoms with Gasteiger partial charge in [0.15, 0.2) is 0 Å². The zero-order chi connectivity index (χ0) is 11.7. The maximum atomic E-state index is 5.72. The molecule has 0 atom stereocenters. The van der Waals surface area contributed by atoms with Crippen LogP contribution in [0.4, 0.5) is 0 Å². The van der Waals surface area contributed by atoms with E-state index in [-0.39, 0.29) is 0 Å². The predicted molar refractivity (Wildman–Crippen MR) is 66.3 cm³/mol. The van der Waals surface area contributed by atoms with E-state index in [0.29, 0.717) is 6.54 Å². The number of hydrogen-bond acceptors (Lipinski definition) is 3. The summed E-state index contributed by atoms with van der Waals surface area (Å²) in [5.41, 5.74) is 8.73. The third-order valence-corrected chi connectivity index (χ3v) is 2.76. The van der Waals surface area contributed by atoms with Crippen LogP contribution in [-0.2, 0) is 6.54 Å². The molecule has 0 aliphatic rings. The smallest absolute Gasteiger partial charge is 0.144 e. The molecule has 0 saturated carbocycles. The van der Waals surface area contributed by atoms with E-state index < -0.39 is 0 Å². The van der Waals surface area contributed by atoms with Gasteiger partial charge in [0.25, 0.3) is 0 Å². The van der Waals surface area contributed by atoms with Crippen molar-refractivity contribution in [1.82, 2.24) is 14.4 Å². The minimum atomic E-state index is 0.443. The average Bonchev–Trinajstić information content (AvgIpc) is 2.78. The summed E-state index contributed by atoms with van der Waals surface area (Å²) in [5.74, 6) is 0.906. The Kier molecular flexibility index (Phi) is 2.34. The summed E-state index contributed by atoms with van der Waals surface area (Å²) in [5, 5.41) is 0. The van der Waals surface area contributed by atoms with Crippen molar-refractivity contribution in [3.8, 4) is 11.4 Å². The second-order valence-electron chi connectivity index (χ2n) is 3.78. The summed E-state index contributed by atoms with van der Waals surface area (Å²) < 4.78 is 2.05. The molecule has 0 amide bonds. The summed E-state index contributed by atoms with van der Waals surface area (Å²) in [6.45, 7) is 0.443. The van der Waals surface area contributed by atoms with Crippen LogP contribution in [-0.4, -0.2) is 14.4 Å². The van der Waals surface area contributed by atoms with Crippen molar-refractivity contribution in [2.24, 2.45) is 5.73 Å². The first-order valence-corrected chi connectivity index (χ1v) is 5.46. The van der Waals surface area contributed by atoms with Crippen LogP contribution in [0.1, 0.15) is 5.69 Å². The van der Waals surface area contributed by atoms with Crippen LogP contribution in [0.2, 0.25) is 0 Å². The molecule has 0 saturated heterocycles. The first kappa shape index (κ1) is 9.99. The van der Waals surface area contributed by atoms with Gasteiger partial charge in [-0.3, -0.25) is 9.38 Å². The fourth-order valence-electron chi connectivity index (χ4n) is 1.96. The molecule has 2 N–H and O–H groups in total. The molecule has 0 aliphatic carbocycles. The lowest BCUT2D eigenvalue weighted by Gasteiger charge is -1.99. The molecule has 0 unspecified atom stereocenters. The number of imidazole rings is 1. The Morgan fingerprint density at radius 2 is 1.94 bits per heavy atom. The predicted octanol–water partition coefficient (Wildman–Crippen LogP) is 1.85. The van der Waals surface area contributed by atoms with Crippen LogP contribution >= 0.6 is 0 Å². The van der Waals surface area contributed by atoms with Crippen LogP contribution in [0.5, 0.6) is 0 Å². The van der Waals surface area contributed by atoms with Gasteiger partial charge in [0.2, 0.25) is 0 Å². The minimum absolute atomic E-state index is 0.443. The Morgan fingerprint density at radius 1 is 1.12 bits per heavy atom. The summed E-state index contributed by atoms with van der Waals surface area (Å²) >= 11 is 0. The van der Waals surface area contributed by atoms with Gasteiger partial charge in [-0.25, -0.2) is 4.98 Å². The van der Waals surface area contributed by atoms with E-state index in [9.17, 15) is 0 Å². The van der Waals surface area contributed by atoms with E-state index in [4.69, 9.17) is 5.73 Å². The standard InChI is InChI=1S/C13H12N4/c14-9-11-12-3-1-2-8-17(12)13(16-11)10-4-6-15-7-5-10/h1-8H,9,14H2. The highest BCUT2D eigenvalue weighted by Crippen LogP contribution is 2.21. The molecule has 0 fully saturated rings. The second kappa shape index (κ2) is 3.99. The van der Waals surface area contributed by atoms with Crippen molar-refractivity contribution in [3.05, 3.63) is 54.6 Å². The third kappa shape index (κ3) is 1.59. The van der Waals surface area contributed by atoms with Gasteiger partial charge in [0, 0.05) is 30.7 Å². The van der Waals surface area contributed by atoms with Gasteiger partial charge >= 0.3 is 0 Å². The highest BCUT2D eigenvalue weighted by atomic mass is 15.0. The molecule has 0 bridgehead atoms. The topological polar surface area (TPSA) is 56.2 Å². The molecule has 3 heterocycles. The monoisotopic (exact) mass is 224 g/mol. The number of aromatic nitrogens is 3. The highest BCUT2D eigenvalue weighted by Gasteiger charge is 2.10. The molecule has 0 spiro atoms. The van der Waals surface area contributed by atoms with Gasteiger partial charge in [-0.2, -0.15) is 0 Å². The molecular weight excluding hydrogens is 212 g/mol. The van der Waals surface area contributed by atoms with Crippen LogP contribution in [0.3, 0.4) is 0 Å². The molecule has 84 valence electrons. The van der Waals surface area contributed by atoms with Gasteiger partial charge < -0.3 is 5.73 Å². The van der Waals surface area contributed by atoms with Crippen molar-refractivity contribution in [3.63, 3.8) is 0 Å². The van der Waals surface area contributed by atoms with Crippen molar-refractivity contribution in [2.45, 2.75) is 6.54 Å². The molecule has 0 aliphatic heterocycles. The fourth-order valence-corrected chi connectivity index (χ4v) is 1.96. The molecule has 0 aromatic carbocycles. The zero-order valence-corrected chi connectivity index (χ0v) is 9.24. The molecule has 3 rings (SSSR count). The van der Waals surface area contributed by atoms with Gasteiger partial charge in [-0.1, -0.05) is 6.07 Å². The molecule has 0 radical (unpaired) electrons. The second-order valence-corrected chi connectivity index (χ2v) is 3.78. The van der Waals surface area contributed by atoms with Crippen molar-refractivity contribution in [2.75, 3.05) is 0 Å². The van der Waals surface area contributed by atoms with E-state index in [1.54, 1.807) is 12.4 Å². The molecule has 3 aromatic rings. The van der Waals surface area contributed by atoms with Crippen LogP contribution in [0.25, 0.3) is 16.9 Å². The normalized spacial score (nSPS) is 10.9. The Hall–Kier alpha value is -2.20. The maximum absolute atomic E-state index is 5.72.